The zero-order valence-electron chi connectivity index (χ0n) is 10.8. The minimum absolute atomic E-state index is 0.291. The van der Waals surface area contributed by atoms with Gasteiger partial charge in [-0.2, -0.15) is 0 Å². The maximum atomic E-state index is 13.2. The molecule has 1 amide bonds. The monoisotopic (exact) mass is 290 g/mol. The zero-order valence-corrected chi connectivity index (χ0v) is 11.7. The second-order valence-electron chi connectivity index (χ2n) is 4.37. The minimum atomic E-state index is -0.324. The molecule has 0 fully saturated rings. The maximum absolute atomic E-state index is 13.2. The summed E-state index contributed by atoms with van der Waals surface area (Å²) in [4.78, 5) is 12.2. The van der Waals surface area contributed by atoms with Crippen molar-refractivity contribution in [1.29, 1.82) is 0 Å². The largest absolute Gasteiger partial charge is 0.340 e. The van der Waals surface area contributed by atoms with Crippen LogP contribution in [0.5, 0.6) is 0 Å². The molecule has 0 saturated heterocycles. The van der Waals surface area contributed by atoms with Crippen LogP contribution in [-0.2, 0) is 7.05 Å². The van der Waals surface area contributed by atoms with Gasteiger partial charge in [-0.15, -0.1) is 10.2 Å². The standard InChI is InChI=1S/C13H11FN4OS/c1-7-16-17-13(20-7)15-12(19)11-6-8-5-9(14)3-4-10(8)18(11)2/h3-6H,1-2H3,(H,15,17,19). The molecule has 0 radical (unpaired) electrons. The minimum Gasteiger partial charge on any atom is -0.340 e. The molecule has 1 N–H and O–H groups in total. The van der Waals surface area contributed by atoms with Gasteiger partial charge in [-0.25, -0.2) is 4.39 Å². The molecule has 3 aromatic rings. The number of amides is 1. The number of rotatable bonds is 2. The Morgan fingerprint density at radius 3 is 2.85 bits per heavy atom. The molecule has 7 heteroatoms. The van der Waals surface area contributed by atoms with Gasteiger partial charge >= 0.3 is 0 Å². The van der Waals surface area contributed by atoms with Crippen LogP contribution in [0.1, 0.15) is 15.5 Å². The molecule has 5 nitrogen and oxygen atoms in total. The molecule has 0 saturated carbocycles. The predicted octanol–water partition coefficient (Wildman–Crippen LogP) is 2.73. The number of nitrogens with one attached hydrogen (secondary N) is 1. The van der Waals surface area contributed by atoms with Crippen molar-refractivity contribution >= 4 is 33.3 Å². The van der Waals surface area contributed by atoms with Crippen LogP contribution >= 0.6 is 11.3 Å². The van der Waals surface area contributed by atoms with E-state index in [1.165, 1.54) is 23.5 Å². The molecular formula is C13H11FN4OS. The molecule has 0 aliphatic rings. The number of nitrogens with zero attached hydrogens (tertiary/aromatic N) is 3. The first kappa shape index (κ1) is 12.7. The molecule has 1 aromatic carbocycles. The first-order valence-electron chi connectivity index (χ1n) is 5.91. The number of benzene rings is 1. The van der Waals surface area contributed by atoms with Gasteiger partial charge in [0.15, 0.2) is 0 Å². The summed E-state index contributed by atoms with van der Waals surface area (Å²) < 4.78 is 14.9. The maximum Gasteiger partial charge on any atom is 0.274 e. The van der Waals surface area contributed by atoms with Gasteiger partial charge in [-0.1, -0.05) is 11.3 Å². The third-order valence-corrected chi connectivity index (χ3v) is 3.74. The highest BCUT2D eigenvalue weighted by molar-refractivity contribution is 7.15. The van der Waals surface area contributed by atoms with Crippen molar-refractivity contribution < 1.29 is 9.18 Å². The lowest BCUT2D eigenvalue weighted by Crippen LogP contribution is -2.15. The Labute approximate surface area is 118 Å². The first-order valence-corrected chi connectivity index (χ1v) is 6.72. The van der Waals surface area contributed by atoms with Crippen LogP contribution in [-0.4, -0.2) is 20.7 Å². The molecule has 0 unspecified atom stereocenters. The summed E-state index contributed by atoms with van der Waals surface area (Å²) in [6.45, 7) is 1.81. The Morgan fingerprint density at radius 2 is 2.15 bits per heavy atom. The second-order valence-corrected chi connectivity index (χ2v) is 5.55. The molecule has 0 spiro atoms. The van der Waals surface area contributed by atoms with Crippen molar-refractivity contribution in [2.24, 2.45) is 7.05 Å². The molecule has 20 heavy (non-hydrogen) atoms. The van der Waals surface area contributed by atoms with E-state index in [-0.39, 0.29) is 11.7 Å². The highest BCUT2D eigenvalue weighted by Gasteiger charge is 2.15. The quantitative estimate of drug-likeness (QED) is 0.789. The van der Waals surface area contributed by atoms with E-state index in [0.29, 0.717) is 16.2 Å². The number of aromatic nitrogens is 3. The van der Waals surface area contributed by atoms with Crippen molar-refractivity contribution in [3.8, 4) is 0 Å². The Balaban J connectivity index is 1.97. The van der Waals surface area contributed by atoms with E-state index in [0.717, 1.165) is 10.5 Å². The predicted molar refractivity (Wildman–Crippen MR) is 75.5 cm³/mol. The zero-order chi connectivity index (χ0) is 14.3. The highest BCUT2D eigenvalue weighted by atomic mass is 32.1. The topological polar surface area (TPSA) is 59.8 Å². The molecule has 0 bridgehead atoms. The SMILES string of the molecule is Cc1nnc(NC(=O)c2cc3cc(F)ccc3n2C)s1. The van der Waals surface area contributed by atoms with Gasteiger partial charge in [0.25, 0.3) is 5.91 Å². The Morgan fingerprint density at radius 1 is 1.35 bits per heavy atom. The number of hydrogen-bond donors (Lipinski definition) is 1. The summed E-state index contributed by atoms with van der Waals surface area (Å²) in [7, 11) is 1.76. The number of anilines is 1. The van der Waals surface area contributed by atoms with Crippen molar-refractivity contribution in [3.63, 3.8) is 0 Å². The Kier molecular flexibility index (Phi) is 2.98. The van der Waals surface area contributed by atoms with Gasteiger partial charge in [0, 0.05) is 18.0 Å². The molecule has 0 atom stereocenters. The van der Waals surface area contributed by atoms with Crippen molar-refractivity contribution in [2.75, 3.05) is 5.32 Å². The number of fused-ring (bicyclic) bond motifs is 1. The van der Waals surface area contributed by atoms with Gasteiger partial charge in [-0.05, 0) is 31.2 Å². The third kappa shape index (κ3) is 2.16. The number of carbonyl (C=O) groups is 1. The summed E-state index contributed by atoms with van der Waals surface area (Å²) >= 11 is 1.30. The van der Waals surface area contributed by atoms with Crippen LogP contribution < -0.4 is 5.32 Å². The normalized spacial score (nSPS) is 10.9. The van der Waals surface area contributed by atoms with E-state index >= 15 is 0 Å². The number of aryl methyl sites for hydroxylation is 2. The van der Waals surface area contributed by atoms with Crippen LogP contribution in [0.4, 0.5) is 9.52 Å². The lowest BCUT2D eigenvalue weighted by Gasteiger charge is -2.03. The van der Waals surface area contributed by atoms with Crippen LogP contribution in [0.3, 0.4) is 0 Å². The summed E-state index contributed by atoms with van der Waals surface area (Å²) in [5.74, 6) is -0.616. The van der Waals surface area contributed by atoms with Crippen molar-refractivity contribution in [1.82, 2.24) is 14.8 Å². The van der Waals surface area contributed by atoms with E-state index < -0.39 is 0 Å². The number of hydrogen-bond acceptors (Lipinski definition) is 4. The first-order chi connectivity index (χ1) is 9.54. The lowest BCUT2D eigenvalue weighted by atomic mass is 10.2. The van der Waals surface area contributed by atoms with Crippen LogP contribution in [0, 0.1) is 12.7 Å². The molecule has 0 aliphatic heterocycles. The van der Waals surface area contributed by atoms with Crippen LogP contribution in [0.25, 0.3) is 10.9 Å². The molecule has 2 heterocycles. The smallest absolute Gasteiger partial charge is 0.274 e. The van der Waals surface area contributed by atoms with Crippen molar-refractivity contribution in [2.45, 2.75) is 6.92 Å². The number of halogens is 1. The molecule has 102 valence electrons. The van der Waals surface area contributed by atoms with E-state index in [1.54, 1.807) is 23.7 Å². The van der Waals surface area contributed by atoms with E-state index in [4.69, 9.17) is 0 Å². The van der Waals surface area contributed by atoms with Crippen LogP contribution in [0.2, 0.25) is 0 Å². The fraction of sp³-hybridized carbons (Fsp3) is 0.154. The summed E-state index contributed by atoms with van der Waals surface area (Å²) in [5, 5.41) is 12.3. The van der Waals surface area contributed by atoms with E-state index in [9.17, 15) is 9.18 Å². The summed E-state index contributed by atoms with van der Waals surface area (Å²) in [6.07, 6.45) is 0. The van der Waals surface area contributed by atoms with Crippen molar-refractivity contribution in [3.05, 3.63) is 40.8 Å². The number of carbonyl (C=O) groups excluding carboxylic acids is 1. The lowest BCUT2D eigenvalue weighted by molar-refractivity contribution is 0.101. The van der Waals surface area contributed by atoms with Gasteiger partial charge in [0.2, 0.25) is 5.13 Å². The van der Waals surface area contributed by atoms with Gasteiger partial charge < -0.3 is 4.57 Å². The Hall–Kier alpha value is -2.28. The molecule has 3 rings (SSSR count). The average molecular weight is 290 g/mol. The van der Waals surface area contributed by atoms with E-state index in [2.05, 4.69) is 15.5 Å². The van der Waals surface area contributed by atoms with Gasteiger partial charge in [-0.3, -0.25) is 10.1 Å². The van der Waals surface area contributed by atoms with E-state index in [1.807, 2.05) is 6.92 Å². The fourth-order valence-electron chi connectivity index (χ4n) is 2.05. The average Bonchev–Trinajstić information content (AvgIpc) is 2.94. The van der Waals surface area contributed by atoms with Gasteiger partial charge in [0.05, 0.1) is 0 Å². The summed E-state index contributed by atoms with van der Waals surface area (Å²) in [6, 6.07) is 6.08. The molecule has 2 aromatic heterocycles. The summed E-state index contributed by atoms with van der Waals surface area (Å²) in [5.41, 5.74) is 1.24. The third-order valence-electron chi connectivity index (χ3n) is 2.98. The highest BCUT2D eigenvalue weighted by Crippen LogP contribution is 2.21. The Bertz CT molecular complexity index is 808. The molecular weight excluding hydrogens is 279 g/mol. The second kappa shape index (κ2) is 4.68. The fourth-order valence-corrected chi connectivity index (χ4v) is 2.63. The molecule has 0 aliphatic carbocycles. The van der Waals surface area contributed by atoms with Crippen LogP contribution in [0.15, 0.2) is 24.3 Å². The van der Waals surface area contributed by atoms with Gasteiger partial charge in [0.1, 0.15) is 16.5 Å².